The first kappa shape index (κ1) is 33.3. The van der Waals surface area contributed by atoms with E-state index in [1.165, 1.54) is 42.8 Å². The van der Waals surface area contributed by atoms with E-state index in [9.17, 15) is 29.5 Å². The van der Waals surface area contributed by atoms with Crippen LogP contribution in [0.4, 0.5) is 5.13 Å². The van der Waals surface area contributed by atoms with Crippen molar-refractivity contribution >= 4 is 81.2 Å². The van der Waals surface area contributed by atoms with E-state index in [2.05, 4.69) is 25.8 Å². The summed E-state index contributed by atoms with van der Waals surface area (Å²) in [6.07, 6.45) is 3.35. The predicted molar refractivity (Wildman–Crippen MR) is 164 cm³/mol. The van der Waals surface area contributed by atoms with Crippen LogP contribution in [0.2, 0.25) is 0 Å². The lowest BCUT2D eigenvalue weighted by Gasteiger charge is -2.36. The van der Waals surface area contributed by atoms with Crippen LogP contribution in [0, 0.1) is 0 Å². The third-order valence-corrected chi connectivity index (χ3v) is 9.90. The van der Waals surface area contributed by atoms with E-state index in [1.807, 2.05) is 0 Å². The number of aliphatic carboxylic acids is 1. The van der Waals surface area contributed by atoms with Crippen LogP contribution in [0.3, 0.4) is 0 Å². The molecule has 3 rings (SSSR count). The summed E-state index contributed by atoms with van der Waals surface area (Å²) >= 11 is 5.19. The molecule has 1 aliphatic rings. The summed E-state index contributed by atoms with van der Waals surface area (Å²) in [6, 6.07) is 1.02. The number of thiazole rings is 1. The van der Waals surface area contributed by atoms with Crippen LogP contribution in [0.25, 0.3) is 0 Å². The molecular formula is C24H30N8O6S4. The number of nitrogens with zero attached hydrogens (tertiary/aromatic N) is 4. The molecule has 0 aromatic carbocycles. The Morgan fingerprint density at radius 1 is 1.33 bits per heavy atom. The van der Waals surface area contributed by atoms with Gasteiger partial charge in [0.05, 0.1) is 6.04 Å². The molecular weight excluding hydrogens is 625 g/mol. The largest absolute Gasteiger partial charge is 0.477 e. The summed E-state index contributed by atoms with van der Waals surface area (Å²) in [6.45, 7) is 3.14. The van der Waals surface area contributed by atoms with Crippen molar-refractivity contribution in [2.24, 2.45) is 16.6 Å². The van der Waals surface area contributed by atoms with Gasteiger partial charge in [-0.3, -0.25) is 24.3 Å². The number of pyridine rings is 1. The number of hydrogen-bond donors (Lipinski definition) is 6. The Hall–Kier alpha value is -3.16. The molecule has 0 saturated heterocycles. The molecule has 3 heterocycles. The van der Waals surface area contributed by atoms with Gasteiger partial charge >= 0.3 is 5.97 Å². The topological polar surface area (TPSA) is 226 Å². The van der Waals surface area contributed by atoms with Crippen molar-refractivity contribution in [3.05, 3.63) is 45.7 Å². The molecule has 8 N–H and O–H groups in total. The van der Waals surface area contributed by atoms with Gasteiger partial charge in [-0.15, -0.1) is 23.1 Å². The van der Waals surface area contributed by atoms with Gasteiger partial charge in [0.2, 0.25) is 11.8 Å². The Labute approximate surface area is 258 Å². The number of anilines is 1. The Balaban J connectivity index is 1.77. The van der Waals surface area contributed by atoms with Gasteiger partial charge in [0.1, 0.15) is 16.8 Å². The van der Waals surface area contributed by atoms with E-state index < -0.39 is 40.8 Å². The highest BCUT2D eigenvalue weighted by Gasteiger charge is 2.36. The predicted octanol–water partition coefficient (Wildman–Crippen LogP) is 1.32. The van der Waals surface area contributed by atoms with Crippen molar-refractivity contribution in [1.29, 1.82) is 0 Å². The number of rotatable bonds is 13. The van der Waals surface area contributed by atoms with Crippen LogP contribution in [0.5, 0.6) is 0 Å². The monoisotopic (exact) mass is 654 g/mol. The second-order valence-electron chi connectivity index (χ2n) is 8.63. The molecule has 14 nitrogen and oxygen atoms in total. The zero-order chi connectivity index (χ0) is 30.8. The highest BCUT2D eigenvalue weighted by atomic mass is 32.2. The number of carbonyl (C=O) groups excluding carboxylic acids is 3. The smallest absolute Gasteiger partial charge is 0.353 e. The normalized spacial score (nSPS) is 16.2. The van der Waals surface area contributed by atoms with Gasteiger partial charge in [-0.25, -0.2) is 9.78 Å². The fourth-order valence-electron chi connectivity index (χ4n) is 3.56. The van der Waals surface area contributed by atoms with Crippen molar-refractivity contribution in [3.63, 3.8) is 0 Å². The lowest BCUT2D eigenvalue weighted by Crippen LogP contribution is -2.48. The quantitative estimate of drug-likeness (QED) is 0.0776. The summed E-state index contributed by atoms with van der Waals surface area (Å²) < 4.78 is 0. The zero-order valence-corrected chi connectivity index (χ0v) is 25.9. The number of amides is 3. The molecule has 2 aromatic rings. The lowest BCUT2D eigenvalue weighted by atomic mass is 10.2. The molecule has 226 valence electrons. The number of carbonyl (C=O) groups is 4. The SMILES string of the molecule is CC(=O)N1C(C(=O)O)=C(Sc2ccncc2CSCCN)CS[C@@H]1CNC(=O)/C(=N\O)c1csc(NC(=O)[C@H](C)N)n1. The van der Waals surface area contributed by atoms with Crippen molar-refractivity contribution in [2.45, 2.75) is 35.9 Å². The van der Waals surface area contributed by atoms with Crippen LogP contribution in [-0.2, 0) is 24.9 Å². The third kappa shape index (κ3) is 8.68. The maximum atomic E-state index is 12.9. The Morgan fingerprint density at radius 3 is 2.74 bits per heavy atom. The van der Waals surface area contributed by atoms with E-state index in [4.69, 9.17) is 11.5 Å². The molecule has 1 aliphatic heterocycles. The molecule has 0 bridgehead atoms. The molecule has 3 amide bonds. The van der Waals surface area contributed by atoms with Gasteiger partial charge in [0, 0.05) is 64.8 Å². The Kier molecular flexibility index (Phi) is 12.6. The average Bonchev–Trinajstić information content (AvgIpc) is 3.40. The fourth-order valence-corrected chi connectivity index (χ4v) is 7.57. The van der Waals surface area contributed by atoms with E-state index in [-0.39, 0.29) is 28.8 Å². The van der Waals surface area contributed by atoms with E-state index in [1.54, 1.807) is 30.2 Å². The number of aromatic nitrogens is 2. The fraction of sp³-hybridized carbons (Fsp3) is 0.375. The summed E-state index contributed by atoms with van der Waals surface area (Å²) in [5.41, 5.74) is 11.4. The van der Waals surface area contributed by atoms with Gasteiger partial charge in [-0.2, -0.15) is 11.8 Å². The van der Waals surface area contributed by atoms with Crippen LogP contribution in [-0.4, -0.2) is 90.6 Å². The number of nitrogens with two attached hydrogens (primary N) is 2. The summed E-state index contributed by atoms with van der Waals surface area (Å²) in [5, 5.41) is 28.6. The second kappa shape index (κ2) is 15.9. The van der Waals surface area contributed by atoms with Gasteiger partial charge < -0.3 is 32.4 Å². The van der Waals surface area contributed by atoms with E-state index in [0.717, 1.165) is 32.4 Å². The number of hydrogen-bond acceptors (Lipinski definition) is 14. The lowest BCUT2D eigenvalue weighted by molar-refractivity contribution is -0.139. The minimum Gasteiger partial charge on any atom is -0.477 e. The molecule has 0 fully saturated rings. The van der Waals surface area contributed by atoms with Crippen molar-refractivity contribution in [3.8, 4) is 0 Å². The molecule has 0 saturated carbocycles. The first-order valence-electron chi connectivity index (χ1n) is 12.4. The molecule has 2 atom stereocenters. The van der Waals surface area contributed by atoms with E-state index in [0.29, 0.717) is 17.2 Å². The molecule has 18 heteroatoms. The van der Waals surface area contributed by atoms with Crippen molar-refractivity contribution in [1.82, 2.24) is 20.2 Å². The first-order chi connectivity index (χ1) is 20.1. The standard InChI is InChI=1S/C24H30N8O6S4/c1-12(26)21(34)30-24-29-15(10-41-24)19(31-38)22(35)28-8-18-32(13(2)33)20(23(36)37)17(11-40-18)42-16-3-5-27-7-14(16)9-39-6-4-25/h3,5,7,10,12,18,38H,4,6,8-9,11,25-26H2,1-2H3,(H,28,35)(H,36,37)(H,29,30,34)/b31-19-/t12-,18+/m0/s1. The number of nitrogens with one attached hydrogen (secondary N) is 2. The summed E-state index contributed by atoms with van der Waals surface area (Å²) in [7, 11) is 0. The highest BCUT2D eigenvalue weighted by Crippen LogP contribution is 2.41. The maximum Gasteiger partial charge on any atom is 0.353 e. The van der Waals surface area contributed by atoms with Gasteiger partial charge in [0.25, 0.3) is 5.91 Å². The van der Waals surface area contributed by atoms with E-state index >= 15 is 0 Å². The molecule has 0 spiro atoms. The number of carboxylic acid groups (broad SMARTS) is 1. The summed E-state index contributed by atoms with van der Waals surface area (Å²) in [5.74, 6) is -1.41. The van der Waals surface area contributed by atoms with Crippen LogP contribution < -0.4 is 22.1 Å². The number of oxime groups is 1. The number of thioether (sulfide) groups is 3. The Morgan fingerprint density at radius 2 is 2.10 bits per heavy atom. The minimum atomic E-state index is -1.28. The molecule has 0 aliphatic carbocycles. The summed E-state index contributed by atoms with van der Waals surface area (Å²) in [4.78, 5) is 60.5. The maximum absolute atomic E-state index is 12.9. The molecule has 2 aromatic heterocycles. The second-order valence-corrected chi connectivity index (χ2v) is 12.9. The van der Waals surface area contributed by atoms with Gasteiger partial charge in [-0.05, 0) is 18.6 Å². The average molecular weight is 655 g/mol. The Bertz CT molecular complexity index is 1380. The van der Waals surface area contributed by atoms with Gasteiger partial charge in [-0.1, -0.05) is 16.9 Å². The molecule has 0 radical (unpaired) electrons. The van der Waals surface area contributed by atoms with Crippen LogP contribution >= 0.6 is 46.6 Å². The van der Waals surface area contributed by atoms with Crippen molar-refractivity contribution < 1.29 is 29.5 Å². The van der Waals surface area contributed by atoms with Crippen molar-refractivity contribution in [2.75, 3.05) is 29.9 Å². The molecule has 42 heavy (non-hydrogen) atoms. The first-order valence-corrected chi connectivity index (χ1v) is 16.3. The van der Waals surface area contributed by atoms with Crippen LogP contribution in [0.1, 0.15) is 25.1 Å². The third-order valence-electron chi connectivity index (χ3n) is 5.50. The number of carboxylic acids is 1. The van der Waals surface area contributed by atoms with Gasteiger partial charge in [0.15, 0.2) is 10.8 Å². The zero-order valence-electron chi connectivity index (χ0n) is 22.6. The minimum absolute atomic E-state index is 0.00211. The van der Waals surface area contributed by atoms with Crippen LogP contribution in [0.15, 0.2) is 44.5 Å². The molecule has 0 unspecified atom stereocenters. The highest BCUT2D eigenvalue weighted by molar-refractivity contribution is 8.06.